The minimum absolute atomic E-state index is 0.0805. The fraction of sp³-hybridized carbons (Fsp3) is 0.308. The quantitative estimate of drug-likeness (QED) is 0.856. The first-order chi connectivity index (χ1) is 8.22. The number of fused-ring (bicyclic) bond motifs is 1. The zero-order valence-corrected chi connectivity index (χ0v) is 9.60. The molecule has 2 heterocycles. The van der Waals surface area contributed by atoms with Gasteiger partial charge in [0.2, 0.25) is 5.91 Å². The number of pyridine rings is 2. The van der Waals surface area contributed by atoms with E-state index in [-0.39, 0.29) is 11.8 Å². The lowest BCUT2D eigenvalue weighted by molar-refractivity contribution is -0.117. The monoisotopic (exact) mass is 227 g/mol. The zero-order valence-electron chi connectivity index (χ0n) is 9.60. The zero-order chi connectivity index (χ0) is 11.8. The first kappa shape index (κ1) is 10.2. The molecule has 2 aromatic heterocycles. The molecule has 4 nitrogen and oxygen atoms in total. The number of aromatic nitrogens is 2. The molecule has 0 spiro atoms. The van der Waals surface area contributed by atoms with Gasteiger partial charge in [-0.3, -0.25) is 9.78 Å². The summed E-state index contributed by atoms with van der Waals surface area (Å²) in [6.07, 6.45) is 5.58. The van der Waals surface area contributed by atoms with Crippen LogP contribution in [-0.4, -0.2) is 15.9 Å². The third kappa shape index (κ3) is 2.11. The van der Waals surface area contributed by atoms with Crippen LogP contribution in [0.2, 0.25) is 0 Å². The molecule has 1 fully saturated rings. The van der Waals surface area contributed by atoms with Crippen molar-refractivity contribution < 1.29 is 4.79 Å². The highest BCUT2D eigenvalue weighted by atomic mass is 16.2. The molecule has 86 valence electrons. The van der Waals surface area contributed by atoms with Crippen LogP contribution in [0, 0.1) is 12.8 Å². The number of nitrogens with zero attached hydrogens (tertiary/aromatic N) is 2. The Kier molecular flexibility index (Phi) is 2.28. The molecule has 1 aliphatic carbocycles. The van der Waals surface area contributed by atoms with Gasteiger partial charge in [0.1, 0.15) is 5.82 Å². The maximum atomic E-state index is 11.6. The molecule has 1 aliphatic rings. The molecule has 4 heteroatoms. The second-order valence-electron chi connectivity index (χ2n) is 4.51. The van der Waals surface area contributed by atoms with Crippen molar-refractivity contribution in [2.45, 2.75) is 19.8 Å². The van der Waals surface area contributed by atoms with Crippen molar-refractivity contribution in [1.29, 1.82) is 0 Å². The SMILES string of the molecule is Cc1cc2cnc(NC(=O)C3CC3)cc2cn1. The number of hydrogen-bond donors (Lipinski definition) is 1. The van der Waals surface area contributed by atoms with Gasteiger partial charge in [-0.15, -0.1) is 0 Å². The largest absolute Gasteiger partial charge is 0.310 e. The molecular weight excluding hydrogens is 214 g/mol. The smallest absolute Gasteiger partial charge is 0.228 e. The number of rotatable bonds is 2. The van der Waals surface area contributed by atoms with Crippen LogP contribution in [-0.2, 0) is 4.79 Å². The van der Waals surface area contributed by atoms with Crippen LogP contribution in [0.1, 0.15) is 18.5 Å². The van der Waals surface area contributed by atoms with E-state index in [9.17, 15) is 4.79 Å². The Morgan fingerprint density at radius 2 is 1.94 bits per heavy atom. The Bertz CT molecular complexity index is 590. The van der Waals surface area contributed by atoms with E-state index in [1.807, 2.05) is 19.1 Å². The lowest BCUT2D eigenvalue weighted by Crippen LogP contribution is -2.14. The Hall–Kier alpha value is -1.97. The van der Waals surface area contributed by atoms with Gasteiger partial charge < -0.3 is 5.32 Å². The van der Waals surface area contributed by atoms with E-state index in [1.165, 1.54) is 0 Å². The molecule has 1 saturated carbocycles. The number of nitrogens with one attached hydrogen (secondary N) is 1. The van der Waals surface area contributed by atoms with Crippen LogP contribution in [0.3, 0.4) is 0 Å². The summed E-state index contributed by atoms with van der Waals surface area (Å²) in [5.74, 6) is 0.889. The summed E-state index contributed by atoms with van der Waals surface area (Å²) >= 11 is 0. The van der Waals surface area contributed by atoms with Gasteiger partial charge in [-0.25, -0.2) is 4.98 Å². The Labute approximate surface area is 99.1 Å². The first-order valence-electron chi connectivity index (χ1n) is 5.75. The summed E-state index contributed by atoms with van der Waals surface area (Å²) < 4.78 is 0. The molecule has 17 heavy (non-hydrogen) atoms. The van der Waals surface area contributed by atoms with Gasteiger partial charge in [0.05, 0.1) is 0 Å². The minimum atomic E-state index is 0.0805. The fourth-order valence-electron chi connectivity index (χ4n) is 1.79. The predicted molar refractivity (Wildman–Crippen MR) is 65.6 cm³/mol. The Balaban J connectivity index is 1.90. The van der Waals surface area contributed by atoms with Gasteiger partial charge in [0.15, 0.2) is 0 Å². The highest BCUT2D eigenvalue weighted by Gasteiger charge is 2.29. The first-order valence-corrected chi connectivity index (χ1v) is 5.75. The number of carbonyl (C=O) groups excluding carboxylic acids is 1. The molecular formula is C13H13N3O. The van der Waals surface area contributed by atoms with Gasteiger partial charge >= 0.3 is 0 Å². The number of amides is 1. The molecule has 0 radical (unpaired) electrons. The molecule has 0 aromatic carbocycles. The normalized spacial score (nSPS) is 14.9. The molecule has 0 unspecified atom stereocenters. The summed E-state index contributed by atoms with van der Waals surface area (Å²) in [5, 5.41) is 4.87. The lowest BCUT2D eigenvalue weighted by atomic mass is 10.2. The number of hydrogen-bond acceptors (Lipinski definition) is 3. The second kappa shape index (κ2) is 3.80. The molecule has 0 aliphatic heterocycles. The predicted octanol–water partition coefficient (Wildman–Crippen LogP) is 2.29. The van der Waals surface area contributed by atoms with E-state index in [0.717, 1.165) is 29.3 Å². The Morgan fingerprint density at radius 3 is 2.71 bits per heavy atom. The van der Waals surface area contributed by atoms with E-state index >= 15 is 0 Å². The molecule has 1 amide bonds. The summed E-state index contributed by atoms with van der Waals surface area (Å²) in [6.45, 7) is 1.95. The van der Waals surface area contributed by atoms with Crippen LogP contribution in [0.15, 0.2) is 24.5 Å². The maximum absolute atomic E-state index is 11.6. The van der Waals surface area contributed by atoms with Crippen LogP contribution < -0.4 is 5.32 Å². The summed E-state index contributed by atoms with van der Waals surface area (Å²) in [6, 6.07) is 3.84. The summed E-state index contributed by atoms with van der Waals surface area (Å²) in [7, 11) is 0. The average Bonchev–Trinajstić information content (AvgIpc) is 3.13. The van der Waals surface area contributed by atoms with E-state index in [4.69, 9.17) is 0 Å². The molecule has 0 atom stereocenters. The number of anilines is 1. The van der Waals surface area contributed by atoms with Crippen molar-refractivity contribution >= 4 is 22.5 Å². The van der Waals surface area contributed by atoms with Crippen molar-refractivity contribution in [3.63, 3.8) is 0 Å². The fourth-order valence-corrected chi connectivity index (χ4v) is 1.79. The Morgan fingerprint density at radius 1 is 1.24 bits per heavy atom. The van der Waals surface area contributed by atoms with Gasteiger partial charge in [0, 0.05) is 34.8 Å². The summed E-state index contributed by atoms with van der Waals surface area (Å²) in [4.78, 5) is 20.1. The molecule has 0 bridgehead atoms. The van der Waals surface area contributed by atoms with Gasteiger partial charge in [-0.2, -0.15) is 0 Å². The second-order valence-corrected chi connectivity index (χ2v) is 4.51. The van der Waals surface area contributed by atoms with Crippen LogP contribution >= 0.6 is 0 Å². The minimum Gasteiger partial charge on any atom is -0.310 e. The standard InChI is InChI=1S/C13H13N3O/c1-8-4-10-7-15-12(5-11(10)6-14-8)16-13(17)9-2-3-9/h4-7,9H,2-3H2,1H3,(H,15,16,17). The van der Waals surface area contributed by atoms with Crippen LogP contribution in [0.4, 0.5) is 5.82 Å². The molecule has 3 rings (SSSR count). The summed E-state index contributed by atoms with van der Waals surface area (Å²) in [5.41, 5.74) is 0.967. The third-order valence-electron chi connectivity index (χ3n) is 2.94. The lowest BCUT2D eigenvalue weighted by Gasteiger charge is -2.04. The number of carbonyl (C=O) groups is 1. The van der Waals surface area contributed by atoms with E-state index < -0.39 is 0 Å². The number of aryl methyl sites for hydroxylation is 1. The van der Waals surface area contributed by atoms with Crippen molar-refractivity contribution in [1.82, 2.24) is 9.97 Å². The molecule has 1 N–H and O–H groups in total. The van der Waals surface area contributed by atoms with Gasteiger partial charge in [-0.05, 0) is 31.9 Å². The van der Waals surface area contributed by atoms with E-state index in [1.54, 1.807) is 12.4 Å². The van der Waals surface area contributed by atoms with Crippen molar-refractivity contribution in [2.75, 3.05) is 5.32 Å². The maximum Gasteiger partial charge on any atom is 0.228 e. The van der Waals surface area contributed by atoms with Crippen molar-refractivity contribution in [2.24, 2.45) is 5.92 Å². The topological polar surface area (TPSA) is 54.9 Å². The highest BCUT2D eigenvalue weighted by molar-refractivity contribution is 5.95. The van der Waals surface area contributed by atoms with Crippen LogP contribution in [0.5, 0.6) is 0 Å². The molecule has 2 aromatic rings. The van der Waals surface area contributed by atoms with Crippen molar-refractivity contribution in [3.8, 4) is 0 Å². The van der Waals surface area contributed by atoms with E-state index in [0.29, 0.717) is 5.82 Å². The van der Waals surface area contributed by atoms with E-state index in [2.05, 4.69) is 15.3 Å². The van der Waals surface area contributed by atoms with Crippen LogP contribution in [0.25, 0.3) is 10.8 Å². The van der Waals surface area contributed by atoms with Gasteiger partial charge in [-0.1, -0.05) is 0 Å². The average molecular weight is 227 g/mol. The highest BCUT2D eigenvalue weighted by Crippen LogP contribution is 2.30. The molecule has 0 saturated heterocycles. The third-order valence-corrected chi connectivity index (χ3v) is 2.94. The van der Waals surface area contributed by atoms with Gasteiger partial charge in [0.25, 0.3) is 0 Å². The van der Waals surface area contributed by atoms with Crippen molar-refractivity contribution in [3.05, 3.63) is 30.2 Å².